The predicted octanol–water partition coefficient (Wildman–Crippen LogP) is 5.17. The van der Waals surface area contributed by atoms with Crippen LogP contribution in [0.5, 0.6) is 5.75 Å². The van der Waals surface area contributed by atoms with Crippen molar-refractivity contribution in [3.8, 4) is 5.75 Å². The highest BCUT2D eigenvalue weighted by atomic mass is 127. The fourth-order valence-corrected chi connectivity index (χ4v) is 4.64. The number of aromatic amines is 1. The van der Waals surface area contributed by atoms with Gasteiger partial charge in [0.25, 0.3) is 0 Å². The van der Waals surface area contributed by atoms with Crippen LogP contribution in [-0.4, -0.2) is 21.1 Å². The fraction of sp³-hybridized carbons (Fsp3) is 0.167. The molecule has 5 nitrogen and oxygen atoms in total. The summed E-state index contributed by atoms with van der Waals surface area (Å²) < 4.78 is 10.2. The molecule has 0 atom stereocenters. The predicted molar refractivity (Wildman–Crippen MR) is 122 cm³/mol. The second-order valence-electron chi connectivity index (χ2n) is 5.44. The Balaban J connectivity index is 1.79. The van der Waals surface area contributed by atoms with Gasteiger partial charge in [-0.3, -0.25) is 5.10 Å². The molecule has 0 aliphatic carbocycles. The van der Waals surface area contributed by atoms with Crippen molar-refractivity contribution in [3.05, 3.63) is 71.3 Å². The Bertz CT molecular complexity index is 959. The van der Waals surface area contributed by atoms with E-state index >= 15 is 0 Å². The third-order valence-electron chi connectivity index (χ3n) is 3.60. The first-order chi connectivity index (χ1) is 12.6. The van der Waals surface area contributed by atoms with E-state index in [1.54, 1.807) is 10.9 Å². The van der Waals surface area contributed by atoms with Gasteiger partial charge in [0, 0.05) is 6.42 Å². The number of benzene rings is 2. The first-order valence-electron chi connectivity index (χ1n) is 7.95. The van der Waals surface area contributed by atoms with E-state index in [0.717, 1.165) is 36.3 Å². The van der Waals surface area contributed by atoms with Crippen molar-refractivity contribution in [2.75, 3.05) is 0 Å². The number of nitrogens with zero attached hydrogens (tertiary/aromatic N) is 3. The zero-order valence-corrected chi connectivity index (χ0v) is 19.1. The maximum atomic E-state index is 6.02. The van der Waals surface area contributed by atoms with Gasteiger partial charge in [-0.1, -0.05) is 37.3 Å². The van der Waals surface area contributed by atoms with E-state index < -0.39 is 0 Å². The average molecular weight is 590 g/mol. The Kier molecular flexibility index (Phi) is 6.81. The summed E-state index contributed by atoms with van der Waals surface area (Å²) in [6, 6.07) is 14.2. The highest BCUT2D eigenvalue weighted by molar-refractivity contribution is 14.1. The molecule has 0 saturated heterocycles. The van der Waals surface area contributed by atoms with Crippen molar-refractivity contribution in [1.82, 2.24) is 14.9 Å². The fourth-order valence-electron chi connectivity index (χ4n) is 2.32. The lowest BCUT2D eigenvalue weighted by Crippen LogP contribution is -2.01. The van der Waals surface area contributed by atoms with E-state index in [0.29, 0.717) is 11.4 Å². The van der Waals surface area contributed by atoms with Gasteiger partial charge in [-0.25, -0.2) is 0 Å². The molecule has 1 heterocycles. The molecule has 2 aromatic carbocycles. The van der Waals surface area contributed by atoms with E-state index in [2.05, 4.69) is 72.6 Å². The van der Waals surface area contributed by atoms with Gasteiger partial charge in [-0.2, -0.15) is 14.9 Å². The summed E-state index contributed by atoms with van der Waals surface area (Å²) >= 11 is 9.80. The molecule has 0 amide bonds. The Hall–Kier alpha value is -1.27. The number of H-pyrrole nitrogens is 1. The number of hydrogen-bond donors (Lipinski definition) is 1. The smallest absolute Gasteiger partial charge is 0.216 e. The van der Waals surface area contributed by atoms with Gasteiger partial charge >= 0.3 is 0 Å². The van der Waals surface area contributed by atoms with Gasteiger partial charge in [0.2, 0.25) is 4.77 Å². The normalized spacial score (nSPS) is 11.2. The largest absolute Gasteiger partial charge is 0.487 e. The molecule has 1 aromatic heterocycles. The van der Waals surface area contributed by atoms with Gasteiger partial charge in [0.15, 0.2) is 5.82 Å². The Labute approximate surface area is 184 Å². The number of halogens is 2. The molecule has 3 aromatic rings. The summed E-state index contributed by atoms with van der Waals surface area (Å²) in [5, 5.41) is 11.4. The Morgan fingerprint density at radius 2 is 1.92 bits per heavy atom. The Morgan fingerprint density at radius 1 is 1.23 bits per heavy atom. The monoisotopic (exact) mass is 590 g/mol. The molecule has 8 heteroatoms. The van der Waals surface area contributed by atoms with Crippen molar-refractivity contribution in [2.45, 2.75) is 20.0 Å². The van der Waals surface area contributed by atoms with Crippen molar-refractivity contribution in [3.63, 3.8) is 0 Å². The lowest BCUT2D eigenvalue weighted by atomic mass is 10.2. The van der Waals surface area contributed by atoms with Crippen LogP contribution in [0.15, 0.2) is 47.6 Å². The van der Waals surface area contributed by atoms with Crippen LogP contribution >= 0.6 is 57.4 Å². The number of rotatable bonds is 6. The van der Waals surface area contributed by atoms with Crippen molar-refractivity contribution in [2.24, 2.45) is 5.10 Å². The molecule has 0 aliphatic heterocycles. The quantitative estimate of drug-likeness (QED) is 0.245. The van der Waals surface area contributed by atoms with Gasteiger partial charge < -0.3 is 4.74 Å². The van der Waals surface area contributed by atoms with Gasteiger partial charge in [0.05, 0.1) is 13.4 Å². The lowest BCUT2D eigenvalue weighted by molar-refractivity contribution is 0.302. The minimum atomic E-state index is 0.491. The molecule has 0 fully saturated rings. The zero-order valence-electron chi connectivity index (χ0n) is 13.9. The summed E-state index contributed by atoms with van der Waals surface area (Å²) in [6.45, 7) is 2.56. The van der Waals surface area contributed by atoms with Crippen LogP contribution in [0.4, 0.5) is 0 Å². The maximum Gasteiger partial charge on any atom is 0.216 e. The third-order valence-corrected chi connectivity index (χ3v) is 5.47. The summed E-state index contributed by atoms with van der Waals surface area (Å²) in [5.74, 6) is 1.69. The first kappa shape index (κ1) is 19.5. The first-order valence-corrected chi connectivity index (χ1v) is 10.5. The molecule has 0 spiro atoms. The summed E-state index contributed by atoms with van der Waals surface area (Å²) in [4.78, 5) is 0. The lowest BCUT2D eigenvalue weighted by Gasteiger charge is -2.11. The SMILES string of the molecule is CCc1n[nH]c(=S)n1/N=C\c1cc(I)c(OCc2ccccc2)c(I)c1. The second kappa shape index (κ2) is 9.09. The van der Waals surface area contributed by atoms with E-state index in [4.69, 9.17) is 17.0 Å². The van der Waals surface area contributed by atoms with Crippen LogP contribution in [0.1, 0.15) is 23.9 Å². The molecule has 134 valence electrons. The minimum Gasteiger partial charge on any atom is -0.487 e. The second-order valence-corrected chi connectivity index (χ2v) is 8.15. The standard InChI is InChI=1S/C18H16I2N4OS/c1-2-16-22-23-18(26)24(16)21-10-13-8-14(19)17(15(20)9-13)25-11-12-6-4-3-5-7-12/h3-10H,2,11H2,1H3,(H,23,26)/b21-10-. The molecule has 1 N–H and O–H groups in total. The molecule has 0 saturated carbocycles. The molecular formula is C18H16I2N4OS. The molecule has 0 bridgehead atoms. The van der Waals surface area contributed by atoms with Crippen LogP contribution in [0.3, 0.4) is 0 Å². The van der Waals surface area contributed by atoms with E-state index in [-0.39, 0.29) is 0 Å². The van der Waals surface area contributed by atoms with Crippen LogP contribution < -0.4 is 4.74 Å². The van der Waals surface area contributed by atoms with E-state index in [9.17, 15) is 0 Å². The van der Waals surface area contributed by atoms with E-state index in [1.165, 1.54) is 0 Å². The number of aromatic nitrogens is 3. The molecule has 0 radical (unpaired) electrons. The number of nitrogens with one attached hydrogen (secondary N) is 1. The molecule has 0 aliphatic rings. The highest BCUT2D eigenvalue weighted by Crippen LogP contribution is 2.29. The third kappa shape index (κ3) is 4.71. The van der Waals surface area contributed by atoms with Gasteiger partial charge in [0.1, 0.15) is 12.4 Å². The number of ether oxygens (including phenoxy) is 1. The Morgan fingerprint density at radius 3 is 2.58 bits per heavy atom. The van der Waals surface area contributed by atoms with Crippen LogP contribution in [-0.2, 0) is 13.0 Å². The number of hydrogen-bond acceptors (Lipinski definition) is 4. The number of aryl methyl sites for hydroxylation is 1. The van der Waals surface area contributed by atoms with E-state index in [1.807, 2.05) is 37.3 Å². The summed E-state index contributed by atoms with van der Waals surface area (Å²) in [6.07, 6.45) is 2.54. The van der Waals surface area contributed by atoms with Crippen molar-refractivity contribution < 1.29 is 4.74 Å². The topological polar surface area (TPSA) is 55.2 Å². The van der Waals surface area contributed by atoms with Crippen LogP contribution in [0.2, 0.25) is 0 Å². The van der Waals surface area contributed by atoms with Gasteiger partial charge in [-0.05, 0) is 80.7 Å². The van der Waals surface area contributed by atoms with Gasteiger partial charge in [-0.15, -0.1) is 0 Å². The molecular weight excluding hydrogens is 574 g/mol. The van der Waals surface area contributed by atoms with Crippen molar-refractivity contribution >= 4 is 63.6 Å². The summed E-state index contributed by atoms with van der Waals surface area (Å²) in [7, 11) is 0. The minimum absolute atomic E-state index is 0.491. The summed E-state index contributed by atoms with van der Waals surface area (Å²) in [5.41, 5.74) is 2.13. The van der Waals surface area contributed by atoms with Crippen LogP contribution in [0.25, 0.3) is 0 Å². The zero-order chi connectivity index (χ0) is 18.5. The molecule has 0 unspecified atom stereocenters. The average Bonchev–Trinajstić information content (AvgIpc) is 3.00. The molecule has 3 rings (SSSR count). The molecule has 26 heavy (non-hydrogen) atoms. The maximum absolute atomic E-state index is 6.02. The van der Waals surface area contributed by atoms with Crippen LogP contribution in [0, 0.1) is 11.9 Å². The van der Waals surface area contributed by atoms with Crippen molar-refractivity contribution in [1.29, 1.82) is 0 Å². The highest BCUT2D eigenvalue weighted by Gasteiger charge is 2.09.